The van der Waals surface area contributed by atoms with E-state index in [2.05, 4.69) is 20.7 Å². The molecule has 8 heteroatoms. The minimum Gasteiger partial charge on any atom is -0.310 e. The summed E-state index contributed by atoms with van der Waals surface area (Å²) in [6.45, 7) is 2.36. The molecule has 0 spiro atoms. The van der Waals surface area contributed by atoms with Gasteiger partial charge in [0.25, 0.3) is 0 Å². The molecular weight excluding hydrogens is 271 g/mol. The number of halogens is 3. The van der Waals surface area contributed by atoms with Gasteiger partial charge in [0.1, 0.15) is 0 Å². The zero-order valence-electron chi connectivity index (χ0n) is 11.1. The van der Waals surface area contributed by atoms with E-state index in [-0.39, 0.29) is 12.0 Å². The maximum Gasteiger partial charge on any atom is 0.194 e. The molecule has 0 aliphatic heterocycles. The summed E-state index contributed by atoms with van der Waals surface area (Å²) in [6.07, 6.45) is 0.226. The molecule has 20 heavy (non-hydrogen) atoms. The van der Waals surface area contributed by atoms with Crippen LogP contribution in [0.1, 0.15) is 24.4 Å². The monoisotopic (exact) mass is 285 g/mol. The molecule has 1 unspecified atom stereocenters. The van der Waals surface area contributed by atoms with Crippen LogP contribution in [0.2, 0.25) is 0 Å². The van der Waals surface area contributed by atoms with Crippen LogP contribution in [0.4, 0.5) is 13.2 Å². The Morgan fingerprint density at radius 1 is 1.25 bits per heavy atom. The van der Waals surface area contributed by atoms with Gasteiger partial charge < -0.3 is 5.32 Å². The van der Waals surface area contributed by atoms with Crippen LogP contribution in [-0.2, 0) is 13.5 Å². The molecule has 0 amide bonds. The van der Waals surface area contributed by atoms with E-state index in [1.807, 2.05) is 6.92 Å². The highest BCUT2D eigenvalue weighted by atomic mass is 19.2. The maximum absolute atomic E-state index is 13.8. The standard InChI is InChI=1S/C12H14F3N5/c1-3-16-9(6-10-17-19-20(2)18-10)7-4-5-8(13)12(15)11(7)14/h4-5,9,16H,3,6H2,1-2H3. The zero-order chi connectivity index (χ0) is 14.7. The minimum atomic E-state index is -1.47. The number of hydrogen-bond donors (Lipinski definition) is 1. The van der Waals surface area contributed by atoms with Crippen LogP contribution >= 0.6 is 0 Å². The second-order valence-corrected chi connectivity index (χ2v) is 4.27. The number of aromatic nitrogens is 4. The van der Waals surface area contributed by atoms with Crippen molar-refractivity contribution in [3.8, 4) is 0 Å². The summed E-state index contributed by atoms with van der Waals surface area (Å²) in [7, 11) is 1.61. The molecule has 0 fully saturated rings. The van der Waals surface area contributed by atoms with Gasteiger partial charge >= 0.3 is 0 Å². The Morgan fingerprint density at radius 2 is 2.00 bits per heavy atom. The van der Waals surface area contributed by atoms with Crippen LogP contribution < -0.4 is 5.32 Å². The van der Waals surface area contributed by atoms with E-state index in [4.69, 9.17) is 0 Å². The molecule has 0 bridgehead atoms. The van der Waals surface area contributed by atoms with E-state index < -0.39 is 23.5 Å². The van der Waals surface area contributed by atoms with Crippen molar-refractivity contribution in [3.05, 3.63) is 41.0 Å². The molecule has 0 aliphatic carbocycles. The predicted molar refractivity (Wildman–Crippen MR) is 65.2 cm³/mol. The van der Waals surface area contributed by atoms with Crippen LogP contribution in [0, 0.1) is 17.5 Å². The van der Waals surface area contributed by atoms with Gasteiger partial charge in [0, 0.05) is 18.0 Å². The number of tetrazole rings is 1. The van der Waals surface area contributed by atoms with Crippen molar-refractivity contribution in [2.45, 2.75) is 19.4 Å². The Morgan fingerprint density at radius 3 is 2.60 bits per heavy atom. The van der Waals surface area contributed by atoms with Gasteiger partial charge in [-0.2, -0.15) is 4.80 Å². The number of benzene rings is 1. The van der Waals surface area contributed by atoms with Gasteiger partial charge in [-0.05, 0) is 17.8 Å². The Bertz CT molecular complexity index is 599. The van der Waals surface area contributed by atoms with Crippen LogP contribution in [-0.4, -0.2) is 26.8 Å². The highest BCUT2D eigenvalue weighted by Gasteiger charge is 2.22. The summed E-state index contributed by atoms with van der Waals surface area (Å²) in [6, 6.07) is 1.57. The fourth-order valence-corrected chi connectivity index (χ4v) is 1.94. The molecule has 0 radical (unpaired) electrons. The van der Waals surface area contributed by atoms with Crippen molar-refractivity contribution < 1.29 is 13.2 Å². The number of likely N-dealkylation sites (N-methyl/N-ethyl adjacent to an activating group) is 1. The summed E-state index contributed by atoms with van der Waals surface area (Å²) in [5.41, 5.74) is 0.0400. The number of hydrogen-bond acceptors (Lipinski definition) is 4. The van der Waals surface area contributed by atoms with Gasteiger partial charge in [-0.15, -0.1) is 10.2 Å². The summed E-state index contributed by atoms with van der Waals surface area (Å²) in [5.74, 6) is -3.49. The number of aryl methyl sites for hydroxylation is 1. The Balaban J connectivity index is 2.31. The van der Waals surface area contributed by atoms with Gasteiger partial charge in [0.05, 0.1) is 7.05 Å². The quantitative estimate of drug-likeness (QED) is 0.846. The molecular formula is C12H14F3N5. The second-order valence-electron chi connectivity index (χ2n) is 4.27. The van der Waals surface area contributed by atoms with Crippen molar-refractivity contribution in [3.63, 3.8) is 0 Å². The zero-order valence-corrected chi connectivity index (χ0v) is 11.1. The molecule has 1 aromatic heterocycles. The van der Waals surface area contributed by atoms with E-state index in [0.717, 1.165) is 6.07 Å². The van der Waals surface area contributed by atoms with Gasteiger partial charge in [0.2, 0.25) is 0 Å². The third-order valence-electron chi connectivity index (χ3n) is 2.83. The van der Waals surface area contributed by atoms with Crippen molar-refractivity contribution in [2.24, 2.45) is 7.05 Å². The van der Waals surface area contributed by atoms with Crippen LogP contribution in [0.5, 0.6) is 0 Å². The lowest BCUT2D eigenvalue weighted by Crippen LogP contribution is -2.25. The lowest BCUT2D eigenvalue weighted by atomic mass is 10.0. The van der Waals surface area contributed by atoms with Crippen molar-refractivity contribution in [1.82, 2.24) is 25.5 Å². The van der Waals surface area contributed by atoms with E-state index in [9.17, 15) is 13.2 Å². The first-order valence-electron chi connectivity index (χ1n) is 6.12. The van der Waals surface area contributed by atoms with Gasteiger partial charge in [-0.25, -0.2) is 13.2 Å². The number of nitrogens with zero attached hydrogens (tertiary/aromatic N) is 4. The SMILES string of the molecule is CCNC(Cc1nnn(C)n1)c1ccc(F)c(F)c1F. The van der Waals surface area contributed by atoms with Crippen molar-refractivity contribution in [2.75, 3.05) is 6.54 Å². The summed E-state index contributed by atoms with van der Waals surface area (Å²) < 4.78 is 40.1. The van der Waals surface area contributed by atoms with Crippen LogP contribution in [0.25, 0.3) is 0 Å². The fourth-order valence-electron chi connectivity index (χ4n) is 1.94. The molecule has 1 atom stereocenters. The maximum atomic E-state index is 13.8. The third-order valence-corrected chi connectivity index (χ3v) is 2.83. The minimum absolute atomic E-state index is 0.0400. The third kappa shape index (κ3) is 2.96. The Labute approximate surface area is 113 Å². The predicted octanol–water partition coefficient (Wildman–Crippen LogP) is 1.52. The molecule has 108 valence electrons. The number of nitrogens with one attached hydrogen (secondary N) is 1. The Hall–Kier alpha value is -1.96. The Kier molecular flexibility index (Phi) is 4.33. The fraction of sp³-hybridized carbons (Fsp3) is 0.417. The molecule has 1 aromatic carbocycles. The van der Waals surface area contributed by atoms with Crippen LogP contribution in [0.3, 0.4) is 0 Å². The molecule has 0 saturated heterocycles. The largest absolute Gasteiger partial charge is 0.310 e. The molecule has 0 saturated carbocycles. The average Bonchev–Trinajstić information content (AvgIpc) is 2.81. The van der Waals surface area contributed by atoms with Crippen molar-refractivity contribution in [1.29, 1.82) is 0 Å². The first kappa shape index (κ1) is 14.4. The highest BCUT2D eigenvalue weighted by molar-refractivity contribution is 5.24. The topological polar surface area (TPSA) is 55.6 Å². The first-order chi connectivity index (χ1) is 9.52. The van der Waals surface area contributed by atoms with E-state index in [1.54, 1.807) is 7.05 Å². The normalized spacial score (nSPS) is 12.7. The average molecular weight is 285 g/mol. The number of rotatable bonds is 5. The lowest BCUT2D eigenvalue weighted by molar-refractivity contribution is 0.423. The summed E-state index contributed by atoms with van der Waals surface area (Å²) in [4.78, 5) is 1.28. The summed E-state index contributed by atoms with van der Waals surface area (Å²) >= 11 is 0. The molecule has 5 nitrogen and oxygen atoms in total. The molecule has 1 heterocycles. The summed E-state index contributed by atoms with van der Waals surface area (Å²) in [5, 5.41) is 14.5. The van der Waals surface area contributed by atoms with E-state index >= 15 is 0 Å². The second kappa shape index (κ2) is 6.00. The lowest BCUT2D eigenvalue weighted by Gasteiger charge is -2.17. The smallest absolute Gasteiger partial charge is 0.194 e. The van der Waals surface area contributed by atoms with Crippen LogP contribution in [0.15, 0.2) is 12.1 Å². The van der Waals surface area contributed by atoms with E-state index in [1.165, 1.54) is 10.9 Å². The van der Waals surface area contributed by atoms with E-state index in [0.29, 0.717) is 12.4 Å². The van der Waals surface area contributed by atoms with Gasteiger partial charge in [-0.3, -0.25) is 0 Å². The van der Waals surface area contributed by atoms with Gasteiger partial charge in [-0.1, -0.05) is 13.0 Å². The van der Waals surface area contributed by atoms with Crippen molar-refractivity contribution >= 4 is 0 Å². The molecule has 2 aromatic rings. The first-order valence-corrected chi connectivity index (χ1v) is 6.12. The molecule has 0 aliphatic rings. The molecule has 1 N–H and O–H groups in total. The highest BCUT2D eigenvalue weighted by Crippen LogP contribution is 2.23. The van der Waals surface area contributed by atoms with Gasteiger partial charge in [0.15, 0.2) is 23.3 Å². The molecule has 2 rings (SSSR count).